The number of fused-ring (bicyclic) bond motifs is 1. The van der Waals surface area contributed by atoms with E-state index in [2.05, 4.69) is 15.2 Å². The minimum absolute atomic E-state index is 0.0185. The van der Waals surface area contributed by atoms with Crippen LogP contribution in [0.15, 0.2) is 24.3 Å². The number of carbonyl (C=O) groups excluding carboxylic acids is 1. The fourth-order valence-electron chi connectivity index (χ4n) is 4.52. The van der Waals surface area contributed by atoms with E-state index in [0.29, 0.717) is 25.2 Å². The molecule has 1 aromatic heterocycles. The van der Waals surface area contributed by atoms with Crippen LogP contribution >= 0.6 is 22.9 Å². The average Bonchev–Trinajstić information content (AvgIpc) is 3.25. The van der Waals surface area contributed by atoms with Crippen molar-refractivity contribution in [2.75, 3.05) is 38.7 Å². The van der Waals surface area contributed by atoms with E-state index in [1.165, 1.54) is 13.2 Å². The number of hydrogen-bond acceptors (Lipinski definition) is 8. The van der Waals surface area contributed by atoms with Crippen molar-refractivity contribution in [2.45, 2.75) is 45.4 Å². The number of nitrogens with zero attached hydrogens (tertiary/aromatic N) is 2. The Kier molecular flexibility index (Phi) is 9.35. The molecule has 0 radical (unpaired) electrons. The van der Waals surface area contributed by atoms with Crippen molar-refractivity contribution in [3.05, 3.63) is 51.5 Å². The van der Waals surface area contributed by atoms with E-state index in [4.69, 9.17) is 25.8 Å². The molecule has 8 nitrogen and oxygen atoms in total. The van der Waals surface area contributed by atoms with Crippen molar-refractivity contribution >= 4 is 44.2 Å². The molecule has 2 heterocycles. The van der Waals surface area contributed by atoms with Crippen LogP contribution in [0.5, 0.6) is 5.75 Å². The monoisotopic (exact) mass is 587 g/mol. The quantitative estimate of drug-likeness (QED) is 0.310. The molecule has 0 bridgehead atoms. The molecule has 0 saturated carbocycles. The lowest BCUT2D eigenvalue weighted by atomic mass is 10.1. The molecule has 2 N–H and O–H groups in total. The molecule has 4 rings (SSSR count). The van der Waals surface area contributed by atoms with E-state index < -0.39 is 17.6 Å². The Bertz CT molecular complexity index is 1330. The Morgan fingerprint density at radius 3 is 2.59 bits per heavy atom. The van der Waals surface area contributed by atoms with Gasteiger partial charge >= 0.3 is 6.18 Å². The van der Waals surface area contributed by atoms with Crippen molar-refractivity contribution in [2.24, 2.45) is 0 Å². The molecule has 0 aliphatic carbocycles. The summed E-state index contributed by atoms with van der Waals surface area (Å²) in [5.41, 5.74) is 0.0846. The van der Waals surface area contributed by atoms with Gasteiger partial charge in [0.15, 0.2) is 5.13 Å². The molecule has 212 valence electrons. The zero-order valence-corrected chi connectivity index (χ0v) is 23.2. The third-order valence-electron chi connectivity index (χ3n) is 6.10. The van der Waals surface area contributed by atoms with Gasteiger partial charge in [0, 0.05) is 42.9 Å². The van der Waals surface area contributed by atoms with Crippen molar-refractivity contribution in [1.29, 1.82) is 0 Å². The van der Waals surface area contributed by atoms with Gasteiger partial charge in [0.2, 0.25) is 0 Å². The Hall–Kier alpha value is -2.48. The van der Waals surface area contributed by atoms with Crippen molar-refractivity contribution in [3.8, 4) is 5.75 Å². The standard InChI is InChI=1S/C26H29ClF3N3O5S/c1-14-10-33(11-15(2)38-14)12-16-7-19(27)9-20(23(16)34)24(35)32-25-31-22-17(13-37-5-4-36-3)6-18(26(28,29)30)8-21(22)39-25/h6-9,14-15,34H,4-5,10-13H2,1-3H3,(H,31,32,35)/t14-,15+. The number of phenols is 1. The van der Waals surface area contributed by atoms with Gasteiger partial charge in [-0.2, -0.15) is 13.2 Å². The number of thiazole rings is 1. The van der Waals surface area contributed by atoms with E-state index in [9.17, 15) is 23.1 Å². The van der Waals surface area contributed by atoms with E-state index in [1.807, 2.05) is 13.8 Å². The molecule has 1 saturated heterocycles. The molecule has 1 fully saturated rings. The SMILES string of the molecule is COCCOCc1cc(C(F)(F)F)cc2sc(NC(=O)c3cc(Cl)cc(CN4C[C@@H](C)O[C@@H](C)C4)c3O)nc12. The first-order valence-electron chi connectivity index (χ1n) is 12.2. The number of ether oxygens (including phenoxy) is 3. The van der Waals surface area contributed by atoms with Crippen molar-refractivity contribution < 1.29 is 37.3 Å². The van der Waals surface area contributed by atoms with Gasteiger partial charge in [-0.3, -0.25) is 15.0 Å². The highest BCUT2D eigenvalue weighted by Gasteiger charge is 2.32. The van der Waals surface area contributed by atoms with Crippen LogP contribution in [-0.2, 0) is 33.5 Å². The van der Waals surface area contributed by atoms with Gasteiger partial charge in [0.05, 0.1) is 53.4 Å². The number of phenolic OH excluding ortho intramolecular Hbond substituents is 1. The minimum Gasteiger partial charge on any atom is -0.507 e. The molecule has 0 spiro atoms. The number of methoxy groups -OCH3 is 1. The fourth-order valence-corrected chi connectivity index (χ4v) is 5.71. The summed E-state index contributed by atoms with van der Waals surface area (Å²) in [6.07, 6.45) is -4.53. The summed E-state index contributed by atoms with van der Waals surface area (Å²) >= 11 is 7.18. The molecule has 13 heteroatoms. The van der Waals surface area contributed by atoms with Crippen LogP contribution in [0.3, 0.4) is 0 Å². The summed E-state index contributed by atoms with van der Waals surface area (Å²) in [4.78, 5) is 19.6. The molecule has 1 aliphatic rings. The van der Waals surface area contributed by atoms with Crippen LogP contribution in [0, 0.1) is 0 Å². The number of hydrogen-bond donors (Lipinski definition) is 2. The second kappa shape index (κ2) is 12.4. The minimum atomic E-state index is -4.57. The Balaban J connectivity index is 1.58. The van der Waals surface area contributed by atoms with Gasteiger partial charge in [-0.15, -0.1) is 0 Å². The zero-order valence-electron chi connectivity index (χ0n) is 21.6. The van der Waals surface area contributed by atoms with Crippen molar-refractivity contribution in [3.63, 3.8) is 0 Å². The lowest BCUT2D eigenvalue weighted by Crippen LogP contribution is -2.44. The second-order valence-electron chi connectivity index (χ2n) is 9.41. The molecule has 0 unspecified atom stereocenters. The number of carbonyl (C=O) groups is 1. The normalized spacial score (nSPS) is 18.5. The van der Waals surface area contributed by atoms with Gasteiger partial charge in [0.25, 0.3) is 5.91 Å². The Labute approximate surface area is 232 Å². The van der Waals surface area contributed by atoms with Crippen LogP contribution in [-0.4, -0.2) is 66.5 Å². The van der Waals surface area contributed by atoms with Crippen LogP contribution in [0.1, 0.15) is 40.9 Å². The number of nitrogens with one attached hydrogen (secondary N) is 1. The van der Waals surface area contributed by atoms with E-state index in [0.717, 1.165) is 23.5 Å². The molecule has 2 atom stereocenters. The maximum absolute atomic E-state index is 13.5. The largest absolute Gasteiger partial charge is 0.507 e. The van der Waals surface area contributed by atoms with Crippen molar-refractivity contribution in [1.82, 2.24) is 9.88 Å². The van der Waals surface area contributed by atoms with E-state index in [-0.39, 0.29) is 69.3 Å². The molecule has 2 aromatic carbocycles. The number of aromatic nitrogens is 1. The number of rotatable bonds is 9. The van der Waals surface area contributed by atoms with Crippen LogP contribution in [0.2, 0.25) is 5.02 Å². The highest BCUT2D eigenvalue weighted by molar-refractivity contribution is 7.22. The molecular formula is C26H29ClF3N3O5S. The molecule has 1 aliphatic heterocycles. The first-order chi connectivity index (χ1) is 18.4. The first kappa shape index (κ1) is 29.5. The lowest BCUT2D eigenvalue weighted by molar-refractivity contribution is -0.137. The van der Waals surface area contributed by atoms with E-state index in [1.54, 1.807) is 6.07 Å². The second-order valence-corrected chi connectivity index (χ2v) is 10.9. The molecule has 39 heavy (non-hydrogen) atoms. The lowest BCUT2D eigenvalue weighted by Gasteiger charge is -2.35. The Morgan fingerprint density at radius 2 is 1.92 bits per heavy atom. The van der Waals surface area contributed by atoms with Gasteiger partial charge in [-0.1, -0.05) is 22.9 Å². The zero-order chi connectivity index (χ0) is 28.3. The summed E-state index contributed by atoms with van der Waals surface area (Å²) in [7, 11) is 1.49. The molecule has 3 aromatic rings. The summed E-state index contributed by atoms with van der Waals surface area (Å²) < 4.78 is 56.9. The average molecular weight is 588 g/mol. The smallest absolute Gasteiger partial charge is 0.416 e. The fraction of sp³-hybridized carbons (Fsp3) is 0.462. The summed E-state index contributed by atoms with van der Waals surface area (Å²) in [5, 5.41) is 13.9. The van der Waals surface area contributed by atoms with Gasteiger partial charge in [-0.25, -0.2) is 4.98 Å². The predicted molar refractivity (Wildman–Crippen MR) is 143 cm³/mol. The topological polar surface area (TPSA) is 93.2 Å². The third kappa shape index (κ3) is 7.38. The number of aromatic hydroxyl groups is 1. The number of halogens is 4. The molecule has 1 amide bonds. The van der Waals surface area contributed by atoms with Gasteiger partial charge < -0.3 is 19.3 Å². The highest BCUT2D eigenvalue weighted by Crippen LogP contribution is 2.37. The van der Waals surface area contributed by atoms with Crippen LogP contribution in [0.25, 0.3) is 10.2 Å². The number of amides is 1. The number of morpholine rings is 1. The van der Waals surface area contributed by atoms with Gasteiger partial charge in [-0.05, 0) is 38.1 Å². The Morgan fingerprint density at radius 1 is 1.21 bits per heavy atom. The highest BCUT2D eigenvalue weighted by atomic mass is 35.5. The molecular weight excluding hydrogens is 559 g/mol. The summed E-state index contributed by atoms with van der Waals surface area (Å²) in [6.45, 7) is 5.96. The third-order valence-corrected chi connectivity index (χ3v) is 7.23. The maximum Gasteiger partial charge on any atom is 0.416 e. The van der Waals surface area contributed by atoms with Gasteiger partial charge in [0.1, 0.15) is 5.75 Å². The number of benzene rings is 2. The predicted octanol–water partition coefficient (Wildman–Crippen LogP) is 5.70. The number of alkyl halides is 3. The summed E-state index contributed by atoms with van der Waals surface area (Å²) in [5.74, 6) is -0.913. The maximum atomic E-state index is 13.5. The van der Waals surface area contributed by atoms with E-state index >= 15 is 0 Å². The number of anilines is 1. The van der Waals surface area contributed by atoms with Crippen LogP contribution in [0.4, 0.5) is 18.3 Å². The summed E-state index contributed by atoms with van der Waals surface area (Å²) in [6, 6.07) is 4.92. The van der Waals surface area contributed by atoms with Crippen LogP contribution < -0.4 is 5.32 Å². The first-order valence-corrected chi connectivity index (χ1v) is 13.4.